The van der Waals surface area contributed by atoms with Crippen molar-refractivity contribution in [3.8, 4) is 0 Å². The van der Waals surface area contributed by atoms with Crippen LogP contribution >= 0.6 is 0 Å². The van der Waals surface area contributed by atoms with Crippen LogP contribution in [0.1, 0.15) is 12.5 Å². The highest BCUT2D eigenvalue weighted by Crippen LogP contribution is 2.18. The largest absolute Gasteiger partial charge is 0.450 e. The Morgan fingerprint density at radius 1 is 1.65 bits per heavy atom. The van der Waals surface area contributed by atoms with Crippen molar-refractivity contribution in [2.75, 3.05) is 11.9 Å². The third-order valence-corrected chi connectivity index (χ3v) is 1.89. The lowest BCUT2D eigenvalue weighted by Gasteiger charge is -2.10. The van der Waals surface area contributed by atoms with E-state index in [1.54, 1.807) is 6.92 Å². The first-order valence-electron chi connectivity index (χ1n) is 4.80. The minimum atomic E-state index is -0.745. The van der Waals surface area contributed by atoms with Crippen LogP contribution < -0.4 is 11.1 Å². The van der Waals surface area contributed by atoms with E-state index in [0.717, 1.165) is 6.07 Å². The van der Waals surface area contributed by atoms with Gasteiger partial charge in [0.15, 0.2) is 5.84 Å². The molecule has 17 heavy (non-hydrogen) atoms. The maximum atomic E-state index is 13.5. The number of carbonyl (C=O) groups excluding carboxylic acids is 1. The Balaban J connectivity index is 3.07. The fourth-order valence-corrected chi connectivity index (χ4v) is 1.22. The van der Waals surface area contributed by atoms with Gasteiger partial charge in [0, 0.05) is 0 Å². The van der Waals surface area contributed by atoms with Crippen molar-refractivity contribution in [1.82, 2.24) is 0 Å². The van der Waals surface area contributed by atoms with Crippen molar-refractivity contribution in [2.45, 2.75) is 6.92 Å². The first-order chi connectivity index (χ1) is 8.10. The van der Waals surface area contributed by atoms with E-state index < -0.39 is 17.7 Å². The van der Waals surface area contributed by atoms with Crippen LogP contribution in [0, 0.1) is 5.82 Å². The van der Waals surface area contributed by atoms with E-state index in [0.29, 0.717) is 0 Å². The molecular formula is C10H12FN3O3. The van der Waals surface area contributed by atoms with Gasteiger partial charge >= 0.3 is 6.09 Å². The van der Waals surface area contributed by atoms with Gasteiger partial charge in [-0.3, -0.25) is 5.32 Å². The van der Waals surface area contributed by atoms with Gasteiger partial charge in [-0.1, -0.05) is 11.2 Å². The van der Waals surface area contributed by atoms with Crippen molar-refractivity contribution in [3.63, 3.8) is 0 Å². The molecule has 0 aliphatic heterocycles. The molecule has 0 saturated heterocycles. The summed E-state index contributed by atoms with van der Waals surface area (Å²) >= 11 is 0. The normalized spacial score (nSPS) is 11.1. The Bertz CT molecular complexity index is 448. The number of amidine groups is 1. The monoisotopic (exact) mass is 241 g/mol. The quantitative estimate of drug-likeness (QED) is 0.323. The summed E-state index contributed by atoms with van der Waals surface area (Å²) in [6.07, 6.45) is -0.745. The summed E-state index contributed by atoms with van der Waals surface area (Å²) in [7, 11) is 0. The van der Waals surface area contributed by atoms with Crippen molar-refractivity contribution < 1.29 is 19.1 Å². The molecule has 6 nitrogen and oxygen atoms in total. The summed E-state index contributed by atoms with van der Waals surface area (Å²) in [5, 5.41) is 13.5. The van der Waals surface area contributed by atoms with E-state index in [1.165, 1.54) is 12.1 Å². The number of ether oxygens (including phenoxy) is 1. The first-order valence-corrected chi connectivity index (χ1v) is 4.80. The fraction of sp³-hybridized carbons (Fsp3) is 0.200. The Morgan fingerprint density at radius 3 is 2.94 bits per heavy atom. The van der Waals surface area contributed by atoms with Crippen LogP contribution in [0.4, 0.5) is 14.9 Å². The third kappa shape index (κ3) is 3.07. The van der Waals surface area contributed by atoms with Crippen molar-refractivity contribution in [1.29, 1.82) is 0 Å². The number of nitrogens with two attached hydrogens (primary N) is 1. The predicted octanol–water partition coefficient (Wildman–Crippen LogP) is 1.49. The SMILES string of the molecule is CCOC(=O)Nc1cccc(F)c1/C(N)=N/O. The predicted molar refractivity (Wildman–Crippen MR) is 59.6 cm³/mol. The van der Waals surface area contributed by atoms with Crippen LogP contribution in [0.2, 0.25) is 0 Å². The molecule has 0 fully saturated rings. The molecule has 0 radical (unpaired) electrons. The van der Waals surface area contributed by atoms with Gasteiger partial charge in [-0.05, 0) is 19.1 Å². The molecule has 0 heterocycles. The molecule has 0 aromatic heterocycles. The van der Waals surface area contributed by atoms with Crippen LogP contribution in [0.15, 0.2) is 23.4 Å². The van der Waals surface area contributed by atoms with E-state index in [4.69, 9.17) is 10.9 Å². The highest BCUT2D eigenvalue weighted by molar-refractivity contribution is 6.04. The molecule has 1 amide bonds. The molecule has 92 valence electrons. The maximum Gasteiger partial charge on any atom is 0.411 e. The number of nitrogens with zero attached hydrogens (tertiary/aromatic N) is 1. The van der Waals surface area contributed by atoms with Crippen LogP contribution in [-0.4, -0.2) is 23.7 Å². The number of rotatable bonds is 3. The molecule has 0 unspecified atom stereocenters. The Morgan fingerprint density at radius 2 is 2.35 bits per heavy atom. The molecule has 1 aromatic carbocycles. The van der Waals surface area contributed by atoms with Crippen molar-refractivity contribution in [2.24, 2.45) is 10.9 Å². The zero-order valence-electron chi connectivity index (χ0n) is 9.11. The lowest BCUT2D eigenvalue weighted by Crippen LogP contribution is -2.21. The smallest absolute Gasteiger partial charge is 0.411 e. The lowest BCUT2D eigenvalue weighted by molar-refractivity contribution is 0.168. The highest BCUT2D eigenvalue weighted by atomic mass is 19.1. The molecule has 0 saturated carbocycles. The molecule has 1 rings (SSSR count). The second kappa shape index (κ2) is 5.69. The Kier molecular flexibility index (Phi) is 4.27. The minimum absolute atomic E-state index is 0.0683. The number of oxime groups is 1. The van der Waals surface area contributed by atoms with Crippen LogP contribution in [0.5, 0.6) is 0 Å². The topological polar surface area (TPSA) is 96.9 Å². The first kappa shape index (κ1) is 12.8. The van der Waals surface area contributed by atoms with E-state index in [2.05, 4.69) is 15.2 Å². The number of hydrogen-bond acceptors (Lipinski definition) is 4. The number of anilines is 1. The average Bonchev–Trinajstić information content (AvgIpc) is 2.28. The van der Waals surface area contributed by atoms with E-state index in [9.17, 15) is 9.18 Å². The molecule has 0 atom stereocenters. The van der Waals surface area contributed by atoms with E-state index in [-0.39, 0.29) is 17.9 Å². The molecule has 0 aliphatic rings. The number of halogens is 1. The van der Waals surface area contributed by atoms with Gasteiger partial charge in [0.2, 0.25) is 0 Å². The molecular weight excluding hydrogens is 229 g/mol. The van der Waals surface area contributed by atoms with Gasteiger partial charge in [0.05, 0.1) is 17.9 Å². The number of amides is 1. The standard InChI is InChI=1S/C10H12FN3O3/c1-2-17-10(15)13-7-5-3-4-6(11)8(7)9(12)14-16/h3-5,16H,2H2,1H3,(H2,12,14)(H,13,15). The molecule has 4 N–H and O–H groups in total. The number of benzene rings is 1. The molecule has 0 bridgehead atoms. The molecule has 0 spiro atoms. The molecule has 1 aromatic rings. The lowest BCUT2D eigenvalue weighted by atomic mass is 10.1. The maximum absolute atomic E-state index is 13.5. The zero-order valence-corrected chi connectivity index (χ0v) is 9.11. The minimum Gasteiger partial charge on any atom is -0.450 e. The Labute approximate surface area is 96.9 Å². The van der Waals surface area contributed by atoms with Crippen LogP contribution in [-0.2, 0) is 4.74 Å². The molecule has 7 heteroatoms. The van der Waals surface area contributed by atoms with E-state index >= 15 is 0 Å². The second-order valence-electron chi connectivity index (χ2n) is 2.99. The van der Waals surface area contributed by atoms with Gasteiger partial charge < -0.3 is 15.7 Å². The average molecular weight is 241 g/mol. The van der Waals surface area contributed by atoms with Crippen molar-refractivity contribution >= 4 is 17.6 Å². The number of hydrogen-bond donors (Lipinski definition) is 3. The van der Waals surface area contributed by atoms with Gasteiger partial charge in [-0.15, -0.1) is 0 Å². The molecule has 0 aliphatic carbocycles. The summed E-state index contributed by atoms with van der Waals surface area (Å²) in [6.45, 7) is 1.82. The summed E-state index contributed by atoms with van der Waals surface area (Å²) in [4.78, 5) is 11.2. The summed E-state index contributed by atoms with van der Waals surface area (Å²) in [5.41, 5.74) is 5.19. The van der Waals surface area contributed by atoms with Gasteiger partial charge in [0.25, 0.3) is 0 Å². The highest BCUT2D eigenvalue weighted by Gasteiger charge is 2.15. The zero-order chi connectivity index (χ0) is 12.8. The number of nitrogens with one attached hydrogen (secondary N) is 1. The second-order valence-corrected chi connectivity index (χ2v) is 2.99. The van der Waals surface area contributed by atoms with Gasteiger partial charge in [-0.2, -0.15) is 0 Å². The summed E-state index contributed by atoms with van der Waals surface area (Å²) in [6, 6.07) is 3.92. The Hall–Kier alpha value is -2.31. The van der Waals surface area contributed by atoms with E-state index in [1.807, 2.05) is 0 Å². The van der Waals surface area contributed by atoms with Crippen LogP contribution in [0.25, 0.3) is 0 Å². The summed E-state index contributed by atoms with van der Waals surface area (Å²) < 4.78 is 18.1. The van der Waals surface area contributed by atoms with Gasteiger partial charge in [0.1, 0.15) is 5.82 Å². The fourth-order valence-electron chi connectivity index (χ4n) is 1.22. The van der Waals surface area contributed by atoms with Crippen LogP contribution in [0.3, 0.4) is 0 Å². The van der Waals surface area contributed by atoms with Gasteiger partial charge in [-0.25, -0.2) is 9.18 Å². The third-order valence-electron chi connectivity index (χ3n) is 1.89. The van der Waals surface area contributed by atoms with Crippen molar-refractivity contribution in [3.05, 3.63) is 29.6 Å². The summed E-state index contributed by atoms with van der Waals surface area (Å²) in [5.74, 6) is -1.15. The number of carbonyl (C=O) groups is 1.